The van der Waals surface area contributed by atoms with E-state index < -0.39 is 11.8 Å². The Bertz CT molecular complexity index is 1720. The maximum atomic E-state index is 13.3. The van der Waals surface area contributed by atoms with Gasteiger partial charge in [0.05, 0.1) is 41.9 Å². The zero-order chi connectivity index (χ0) is 26.4. The van der Waals surface area contributed by atoms with Crippen molar-refractivity contribution in [3.05, 3.63) is 46.8 Å². The molecule has 5 aromatic rings. The van der Waals surface area contributed by atoms with Crippen LogP contribution in [-0.4, -0.2) is 86.0 Å². The van der Waals surface area contributed by atoms with Gasteiger partial charge >= 0.3 is 0 Å². The Morgan fingerprint density at radius 2 is 2.13 bits per heavy atom. The molecule has 1 fully saturated rings. The minimum absolute atomic E-state index is 0.163. The molecule has 6 heterocycles. The second-order valence-electron chi connectivity index (χ2n) is 9.27. The normalized spacial score (nSPS) is 15.8. The molecule has 1 aliphatic heterocycles. The quantitative estimate of drug-likeness (QED) is 0.309. The number of carbonyl (C=O) groups is 1. The number of thiazole rings is 1. The summed E-state index contributed by atoms with van der Waals surface area (Å²) in [5.41, 5.74) is 2.14. The number of nitrogens with zero attached hydrogens (tertiary/aromatic N) is 6. The summed E-state index contributed by atoms with van der Waals surface area (Å²) < 4.78 is 35.2. The number of methoxy groups -OCH3 is 1. The van der Waals surface area contributed by atoms with Crippen LogP contribution < -0.4 is 10.9 Å². The molecule has 0 bridgehead atoms. The lowest BCUT2D eigenvalue weighted by atomic mass is 10.2. The van der Waals surface area contributed by atoms with E-state index in [9.17, 15) is 18.4 Å². The van der Waals surface area contributed by atoms with Crippen LogP contribution >= 0.6 is 11.3 Å². The van der Waals surface area contributed by atoms with Crippen LogP contribution in [0.25, 0.3) is 37.2 Å². The number of hydrogen-bond acceptors (Lipinski definition) is 8. The van der Waals surface area contributed by atoms with Gasteiger partial charge in [-0.1, -0.05) is 0 Å². The molecule has 1 aliphatic rings. The van der Waals surface area contributed by atoms with Crippen molar-refractivity contribution in [3.8, 4) is 10.4 Å². The van der Waals surface area contributed by atoms with Gasteiger partial charge in [-0.2, -0.15) is 10.2 Å². The van der Waals surface area contributed by atoms with Crippen LogP contribution in [0.1, 0.15) is 16.8 Å². The molecule has 6 rings (SSSR count). The van der Waals surface area contributed by atoms with Crippen molar-refractivity contribution < 1.29 is 18.3 Å². The lowest BCUT2D eigenvalue weighted by molar-refractivity contribution is 0.0124. The number of rotatable bonds is 8. The second kappa shape index (κ2) is 9.53. The smallest absolute Gasteiger partial charge is 0.261 e. The van der Waals surface area contributed by atoms with Gasteiger partial charge in [0.15, 0.2) is 0 Å². The van der Waals surface area contributed by atoms with E-state index in [0.29, 0.717) is 53.0 Å². The Kier molecular flexibility index (Phi) is 6.16. The van der Waals surface area contributed by atoms with Crippen LogP contribution in [0.15, 0.2) is 35.6 Å². The van der Waals surface area contributed by atoms with E-state index in [2.05, 4.69) is 25.5 Å². The maximum absolute atomic E-state index is 13.3. The third-order valence-corrected chi connectivity index (χ3v) is 7.71. The van der Waals surface area contributed by atoms with Crippen molar-refractivity contribution >= 4 is 44.0 Å². The van der Waals surface area contributed by atoms with Gasteiger partial charge in [-0.3, -0.25) is 24.2 Å². The molecule has 1 amide bonds. The lowest BCUT2D eigenvalue weighted by Crippen LogP contribution is -2.35. The average Bonchev–Trinajstić information content (AvgIpc) is 3.65. The van der Waals surface area contributed by atoms with Gasteiger partial charge in [0.25, 0.3) is 17.4 Å². The van der Waals surface area contributed by atoms with Crippen LogP contribution in [0.3, 0.4) is 0 Å². The topological polar surface area (TPSA) is 122 Å². The number of ether oxygens (including phenoxy) is 1. The van der Waals surface area contributed by atoms with Crippen LogP contribution in [0.2, 0.25) is 0 Å². The van der Waals surface area contributed by atoms with Crippen molar-refractivity contribution in [2.45, 2.75) is 18.9 Å². The zero-order valence-electron chi connectivity index (χ0n) is 20.4. The Morgan fingerprint density at radius 1 is 1.26 bits per heavy atom. The summed E-state index contributed by atoms with van der Waals surface area (Å²) in [6, 6.07) is 1.55. The molecule has 0 atom stereocenters. The molecule has 38 heavy (non-hydrogen) atoms. The minimum atomic E-state index is -2.67. The fourth-order valence-electron chi connectivity index (χ4n) is 4.63. The molecule has 0 saturated carbocycles. The monoisotopic (exact) mass is 542 g/mol. The SMILES string of the molecule is COCCn1cc(-c2cn3nc4c5ncc(C(=O)NCCN6CCC(F)(F)C6)cc5[nH]c(=O)c4c3s2)cn1. The molecule has 0 aromatic carbocycles. The van der Waals surface area contributed by atoms with E-state index in [0.717, 1.165) is 10.4 Å². The van der Waals surface area contributed by atoms with Crippen LogP contribution in [0.4, 0.5) is 8.78 Å². The van der Waals surface area contributed by atoms with Crippen molar-refractivity contribution in [1.82, 2.24) is 39.6 Å². The average molecular weight is 543 g/mol. The summed E-state index contributed by atoms with van der Waals surface area (Å²) >= 11 is 1.43. The first-order chi connectivity index (χ1) is 18.3. The van der Waals surface area contributed by atoms with Gasteiger partial charge in [0.1, 0.15) is 21.3 Å². The highest BCUT2D eigenvalue weighted by molar-refractivity contribution is 7.21. The Labute approximate surface area is 218 Å². The number of halogens is 2. The number of likely N-dealkylation sites (tertiary alicyclic amines) is 1. The summed E-state index contributed by atoms with van der Waals surface area (Å²) in [6.07, 6.45) is 6.79. The first-order valence-corrected chi connectivity index (χ1v) is 12.9. The van der Waals surface area contributed by atoms with Gasteiger partial charge in [-0.05, 0) is 6.07 Å². The Balaban J connectivity index is 1.24. The van der Waals surface area contributed by atoms with E-state index in [1.54, 1.807) is 33.5 Å². The van der Waals surface area contributed by atoms with Gasteiger partial charge in [-0.15, -0.1) is 11.3 Å². The molecule has 11 nitrogen and oxygen atoms in total. The number of nitrogens with one attached hydrogen (secondary N) is 2. The van der Waals surface area contributed by atoms with Gasteiger partial charge in [0.2, 0.25) is 0 Å². The van der Waals surface area contributed by atoms with Crippen molar-refractivity contribution in [2.24, 2.45) is 0 Å². The predicted molar refractivity (Wildman–Crippen MR) is 138 cm³/mol. The Morgan fingerprint density at radius 3 is 2.92 bits per heavy atom. The summed E-state index contributed by atoms with van der Waals surface area (Å²) in [7, 11) is 1.64. The maximum Gasteiger partial charge on any atom is 0.261 e. The van der Waals surface area contributed by atoms with E-state index in [1.165, 1.54) is 17.5 Å². The molecule has 5 aromatic heterocycles. The number of amides is 1. The molecule has 198 valence electrons. The van der Waals surface area contributed by atoms with Crippen LogP contribution in [0.5, 0.6) is 0 Å². The summed E-state index contributed by atoms with van der Waals surface area (Å²) in [5.74, 6) is -3.06. The van der Waals surface area contributed by atoms with Crippen LogP contribution in [-0.2, 0) is 11.3 Å². The third kappa shape index (κ3) is 4.54. The van der Waals surface area contributed by atoms with E-state index in [-0.39, 0.29) is 30.6 Å². The number of carbonyl (C=O) groups excluding carboxylic acids is 1. The molecule has 1 saturated heterocycles. The molecule has 14 heteroatoms. The molecule has 0 unspecified atom stereocenters. The number of alkyl halides is 2. The standard InChI is InChI=1S/C24H24F2N8O3S/c1-37-7-6-33-11-15(10-29-33)17-12-34-23(38-17)18-20(31-34)19-16(30-22(18)36)8-14(9-28-19)21(35)27-3-5-32-4-2-24(25,26)13-32/h8-12H,2-7,13H2,1H3,(H,27,35)(H,30,36). The van der Waals surface area contributed by atoms with Gasteiger partial charge in [0, 0.05) is 57.3 Å². The molecule has 2 N–H and O–H groups in total. The highest BCUT2D eigenvalue weighted by Crippen LogP contribution is 2.33. The van der Waals surface area contributed by atoms with Crippen molar-refractivity contribution in [1.29, 1.82) is 0 Å². The van der Waals surface area contributed by atoms with E-state index in [4.69, 9.17) is 4.74 Å². The third-order valence-electron chi connectivity index (χ3n) is 6.57. The molecule has 0 aliphatic carbocycles. The number of pyridine rings is 2. The fraction of sp³-hybridized carbons (Fsp3) is 0.375. The van der Waals surface area contributed by atoms with Crippen molar-refractivity contribution in [2.75, 3.05) is 39.9 Å². The molecule has 0 radical (unpaired) electrons. The zero-order valence-corrected chi connectivity index (χ0v) is 21.2. The minimum Gasteiger partial charge on any atom is -0.383 e. The Hall–Kier alpha value is -3.75. The summed E-state index contributed by atoms with van der Waals surface area (Å²) in [4.78, 5) is 36.2. The van der Waals surface area contributed by atoms with Crippen LogP contribution in [0, 0.1) is 0 Å². The van der Waals surface area contributed by atoms with Crippen molar-refractivity contribution in [3.63, 3.8) is 0 Å². The highest BCUT2D eigenvalue weighted by atomic mass is 32.1. The summed E-state index contributed by atoms with van der Waals surface area (Å²) in [5, 5.41) is 12.1. The van der Waals surface area contributed by atoms with Gasteiger partial charge < -0.3 is 15.0 Å². The fourth-order valence-corrected chi connectivity index (χ4v) is 5.70. The van der Waals surface area contributed by atoms with E-state index in [1.807, 2.05) is 12.4 Å². The number of fused-ring (bicyclic) bond motifs is 5. The number of aromatic nitrogens is 6. The first kappa shape index (κ1) is 24.6. The summed E-state index contributed by atoms with van der Waals surface area (Å²) in [6.45, 7) is 1.77. The molecular formula is C24H24F2N8O3S. The van der Waals surface area contributed by atoms with E-state index >= 15 is 0 Å². The predicted octanol–water partition coefficient (Wildman–Crippen LogP) is 2.37. The highest BCUT2D eigenvalue weighted by Gasteiger charge is 2.37. The first-order valence-electron chi connectivity index (χ1n) is 12.1. The number of hydrogen-bond donors (Lipinski definition) is 2. The molecular weight excluding hydrogens is 518 g/mol. The largest absolute Gasteiger partial charge is 0.383 e. The second-order valence-corrected chi connectivity index (χ2v) is 10.3. The number of H-pyrrole nitrogens is 1. The lowest BCUT2D eigenvalue weighted by Gasteiger charge is -2.15. The van der Waals surface area contributed by atoms with Gasteiger partial charge in [-0.25, -0.2) is 13.3 Å². The molecule has 0 spiro atoms. The number of aromatic amines is 1.